The number of amides is 2. The maximum absolute atomic E-state index is 12.2. The fourth-order valence-corrected chi connectivity index (χ4v) is 2.61. The van der Waals surface area contributed by atoms with Gasteiger partial charge in [-0.3, -0.25) is 14.4 Å². The van der Waals surface area contributed by atoms with E-state index in [1.807, 2.05) is 13.8 Å². The largest absolute Gasteiger partial charge is 0.383 e. The summed E-state index contributed by atoms with van der Waals surface area (Å²) < 4.78 is 4.84. The summed E-state index contributed by atoms with van der Waals surface area (Å²) in [4.78, 5) is 40.1. The minimum atomic E-state index is -1.01. The van der Waals surface area contributed by atoms with Gasteiger partial charge in [0.25, 0.3) is 5.91 Å². The smallest absolute Gasteiger partial charge is 0.262 e. The Hall–Kier alpha value is -1.82. The first-order valence-electron chi connectivity index (χ1n) is 6.97. The minimum Gasteiger partial charge on any atom is -0.383 e. The molecule has 0 aromatic heterocycles. The molecule has 1 saturated carbocycles. The molecule has 1 fully saturated rings. The van der Waals surface area contributed by atoms with E-state index in [4.69, 9.17) is 4.74 Å². The van der Waals surface area contributed by atoms with E-state index in [0.29, 0.717) is 37.3 Å². The molecule has 0 radical (unpaired) electrons. The van der Waals surface area contributed by atoms with Crippen molar-refractivity contribution in [1.29, 1.82) is 0 Å². The summed E-state index contributed by atoms with van der Waals surface area (Å²) in [6.45, 7) is 4.63. The maximum Gasteiger partial charge on any atom is 0.262 e. The monoisotopic (exact) mass is 292 g/mol. The van der Waals surface area contributed by atoms with Crippen LogP contribution in [0.5, 0.6) is 0 Å². The Kier molecular flexibility index (Phi) is 4.37. The number of rotatable bonds is 4. The van der Waals surface area contributed by atoms with Gasteiger partial charge in [0.15, 0.2) is 5.78 Å². The molecule has 0 aromatic rings. The SMILES string of the molecule is COCCNC(=O)C1C=C2C(=O)CC(C)(C)CC2=NC1=O. The van der Waals surface area contributed by atoms with Gasteiger partial charge in [0, 0.05) is 25.6 Å². The van der Waals surface area contributed by atoms with E-state index in [2.05, 4.69) is 10.3 Å². The summed E-state index contributed by atoms with van der Waals surface area (Å²) in [5, 5.41) is 2.60. The highest BCUT2D eigenvalue weighted by molar-refractivity contribution is 6.29. The number of nitrogens with one attached hydrogen (secondary N) is 1. The lowest BCUT2D eigenvalue weighted by Crippen LogP contribution is -2.41. The molecule has 6 heteroatoms. The zero-order valence-corrected chi connectivity index (χ0v) is 12.6. The first-order chi connectivity index (χ1) is 9.84. The van der Waals surface area contributed by atoms with Gasteiger partial charge in [0.2, 0.25) is 5.91 Å². The quantitative estimate of drug-likeness (QED) is 0.609. The molecule has 1 unspecified atom stereocenters. The van der Waals surface area contributed by atoms with Crippen molar-refractivity contribution < 1.29 is 19.1 Å². The molecule has 1 aliphatic heterocycles. The maximum atomic E-state index is 12.2. The van der Waals surface area contributed by atoms with Gasteiger partial charge < -0.3 is 10.1 Å². The van der Waals surface area contributed by atoms with Crippen molar-refractivity contribution in [3.63, 3.8) is 0 Å². The first-order valence-corrected chi connectivity index (χ1v) is 6.97. The van der Waals surface area contributed by atoms with Gasteiger partial charge in [-0.15, -0.1) is 0 Å². The van der Waals surface area contributed by atoms with Crippen LogP contribution in [0.25, 0.3) is 0 Å². The number of dihydropyridines is 1. The van der Waals surface area contributed by atoms with Crippen molar-refractivity contribution in [2.75, 3.05) is 20.3 Å². The van der Waals surface area contributed by atoms with E-state index in [0.717, 1.165) is 0 Å². The van der Waals surface area contributed by atoms with Gasteiger partial charge in [-0.05, 0) is 11.8 Å². The number of carbonyl (C=O) groups excluding carboxylic acids is 3. The third-order valence-corrected chi connectivity index (χ3v) is 3.63. The molecule has 114 valence electrons. The second-order valence-electron chi connectivity index (χ2n) is 6.18. The molecular weight excluding hydrogens is 272 g/mol. The van der Waals surface area contributed by atoms with Gasteiger partial charge in [-0.25, -0.2) is 4.99 Å². The molecule has 1 N–H and O–H groups in total. The van der Waals surface area contributed by atoms with Crippen molar-refractivity contribution in [2.24, 2.45) is 16.3 Å². The number of Topliss-reactive ketones (excluding diaryl/α,β-unsaturated/α-hetero) is 1. The van der Waals surface area contributed by atoms with Crippen LogP contribution >= 0.6 is 0 Å². The molecule has 0 bridgehead atoms. The Bertz CT molecular complexity index is 546. The number of ketones is 1. The third-order valence-electron chi connectivity index (χ3n) is 3.63. The van der Waals surface area contributed by atoms with E-state index in [1.165, 1.54) is 13.2 Å². The zero-order chi connectivity index (χ0) is 15.6. The summed E-state index contributed by atoms with van der Waals surface area (Å²) in [5.41, 5.74) is 0.754. The number of hydrogen-bond acceptors (Lipinski definition) is 4. The van der Waals surface area contributed by atoms with Crippen LogP contribution in [0, 0.1) is 11.3 Å². The lowest BCUT2D eigenvalue weighted by molar-refractivity contribution is -0.131. The normalized spacial score (nSPS) is 24.0. The zero-order valence-electron chi connectivity index (χ0n) is 12.6. The molecule has 1 aliphatic carbocycles. The molecular formula is C15H20N2O4. The Morgan fingerprint density at radius 3 is 2.81 bits per heavy atom. The highest BCUT2D eigenvalue weighted by atomic mass is 16.5. The average Bonchev–Trinajstić information content (AvgIpc) is 2.36. The van der Waals surface area contributed by atoms with Gasteiger partial charge in [0.05, 0.1) is 12.3 Å². The highest BCUT2D eigenvalue weighted by Gasteiger charge is 2.39. The van der Waals surface area contributed by atoms with Crippen LogP contribution in [-0.4, -0.2) is 43.6 Å². The minimum absolute atomic E-state index is 0.0489. The number of methoxy groups -OCH3 is 1. The van der Waals surface area contributed by atoms with Crippen molar-refractivity contribution in [3.8, 4) is 0 Å². The van der Waals surface area contributed by atoms with Gasteiger partial charge in [-0.1, -0.05) is 19.9 Å². The molecule has 6 nitrogen and oxygen atoms in total. The molecule has 1 heterocycles. The number of hydrogen-bond donors (Lipinski definition) is 1. The molecule has 2 amide bonds. The molecule has 2 rings (SSSR count). The summed E-state index contributed by atoms with van der Waals surface area (Å²) >= 11 is 0. The van der Waals surface area contributed by atoms with Crippen molar-refractivity contribution >= 4 is 23.3 Å². The van der Waals surface area contributed by atoms with E-state index in [-0.39, 0.29) is 11.2 Å². The second-order valence-corrected chi connectivity index (χ2v) is 6.18. The number of aliphatic imine (C=N–C) groups is 1. The van der Waals surface area contributed by atoms with Crippen molar-refractivity contribution in [1.82, 2.24) is 5.32 Å². The standard InChI is InChI=1S/C15H20N2O4/c1-15(2)7-11-9(12(18)8-15)6-10(14(20)17-11)13(19)16-4-5-21-3/h6,10H,4-5,7-8H2,1-3H3,(H,16,19). The second kappa shape index (κ2) is 5.89. The molecule has 2 aliphatic rings. The fraction of sp³-hybridized carbons (Fsp3) is 0.600. The lowest BCUT2D eigenvalue weighted by Gasteiger charge is -2.32. The molecule has 0 aromatic carbocycles. The summed E-state index contributed by atoms with van der Waals surface area (Å²) in [7, 11) is 1.53. The molecule has 0 spiro atoms. The van der Waals surface area contributed by atoms with Crippen molar-refractivity contribution in [3.05, 3.63) is 11.6 Å². The summed E-state index contributed by atoms with van der Waals surface area (Å²) in [6.07, 6.45) is 2.45. The van der Waals surface area contributed by atoms with Crippen LogP contribution in [0.3, 0.4) is 0 Å². The van der Waals surface area contributed by atoms with Crippen LogP contribution in [0.15, 0.2) is 16.6 Å². The van der Waals surface area contributed by atoms with Gasteiger partial charge in [0.1, 0.15) is 5.92 Å². The molecule has 0 saturated heterocycles. The average molecular weight is 292 g/mol. The molecule has 21 heavy (non-hydrogen) atoms. The number of allylic oxidation sites excluding steroid dienone is 1. The van der Waals surface area contributed by atoms with Crippen LogP contribution in [0.1, 0.15) is 26.7 Å². The van der Waals surface area contributed by atoms with Crippen molar-refractivity contribution in [2.45, 2.75) is 26.7 Å². The van der Waals surface area contributed by atoms with Crippen LogP contribution in [0.2, 0.25) is 0 Å². The highest BCUT2D eigenvalue weighted by Crippen LogP contribution is 2.36. The molecule has 1 atom stereocenters. The van der Waals surface area contributed by atoms with Crippen LogP contribution in [-0.2, 0) is 19.1 Å². The third kappa shape index (κ3) is 3.44. The van der Waals surface area contributed by atoms with Gasteiger partial charge in [-0.2, -0.15) is 0 Å². The van der Waals surface area contributed by atoms with E-state index in [9.17, 15) is 14.4 Å². The number of fused-ring (bicyclic) bond motifs is 1. The predicted molar refractivity (Wildman–Crippen MR) is 76.9 cm³/mol. The van der Waals surface area contributed by atoms with E-state index < -0.39 is 17.7 Å². The summed E-state index contributed by atoms with van der Waals surface area (Å²) in [6, 6.07) is 0. The van der Waals surface area contributed by atoms with E-state index in [1.54, 1.807) is 0 Å². The number of carbonyl (C=O) groups is 3. The summed E-state index contributed by atoms with van der Waals surface area (Å²) in [5.74, 6) is -2.00. The Balaban J connectivity index is 2.16. The van der Waals surface area contributed by atoms with Crippen LogP contribution in [0.4, 0.5) is 0 Å². The lowest BCUT2D eigenvalue weighted by atomic mass is 9.72. The predicted octanol–water partition coefficient (Wildman–Crippen LogP) is 0.662. The number of nitrogens with zero attached hydrogens (tertiary/aromatic N) is 1. The Morgan fingerprint density at radius 2 is 2.14 bits per heavy atom. The topological polar surface area (TPSA) is 84.8 Å². The first kappa shape index (κ1) is 15.6. The Labute approximate surface area is 123 Å². The Morgan fingerprint density at radius 1 is 1.43 bits per heavy atom. The fourth-order valence-electron chi connectivity index (χ4n) is 2.61. The number of ether oxygens (including phenoxy) is 1. The van der Waals surface area contributed by atoms with Gasteiger partial charge >= 0.3 is 0 Å². The van der Waals surface area contributed by atoms with E-state index >= 15 is 0 Å². The van der Waals surface area contributed by atoms with Crippen LogP contribution < -0.4 is 5.32 Å².